The van der Waals surface area contributed by atoms with Gasteiger partial charge in [0.05, 0.1) is 11.0 Å². The van der Waals surface area contributed by atoms with Crippen molar-refractivity contribution in [1.29, 1.82) is 0 Å². The van der Waals surface area contributed by atoms with Crippen molar-refractivity contribution in [3.8, 4) is 72.4 Å². The minimum absolute atomic E-state index is 0.900. The van der Waals surface area contributed by atoms with E-state index >= 15 is 0 Å². The van der Waals surface area contributed by atoms with Gasteiger partial charge in [-0.3, -0.25) is 0 Å². The van der Waals surface area contributed by atoms with Crippen LogP contribution in [0, 0.1) is 0 Å². The van der Waals surface area contributed by atoms with Crippen LogP contribution < -0.4 is 4.90 Å². The lowest BCUT2D eigenvalue weighted by Crippen LogP contribution is -2.09. The lowest BCUT2D eigenvalue weighted by molar-refractivity contribution is 0.669. The molecule has 0 bridgehead atoms. The predicted molar refractivity (Wildman–Crippen MR) is 315 cm³/mol. The largest absolute Gasteiger partial charge is 0.456 e. The summed E-state index contributed by atoms with van der Waals surface area (Å²) in [5, 5.41) is 4.82. The predicted octanol–water partition coefficient (Wildman–Crippen LogP) is 20.2. The summed E-state index contributed by atoms with van der Waals surface area (Å²) in [6.45, 7) is 0. The van der Waals surface area contributed by atoms with Crippen LogP contribution in [0.2, 0.25) is 0 Å². The summed E-state index contributed by atoms with van der Waals surface area (Å²) < 4.78 is 8.63. The van der Waals surface area contributed by atoms with E-state index in [9.17, 15) is 0 Å². The van der Waals surface area contributed by atoms with Crippen LogP contribution in [-0.4, -0.2) is 4.57 Å². The lowest BCUT2D eigenvalue weighted by atomic mass is 9.96. The average molecular weight is 957 g/mol. The summed E-state index contributed by atoms with van der Waals surface area (Å²) in [5.41, 5.74) is 22.7. The Bertz CT molecular complexity index is 4300. The van der Waals surface area contributed by atoms with Crippen molar-refractivity contribution in [2.24, 2.45) is 0 Å². The van der Waals surface area contributed by atoms with Crippen LogP contribution >= 0.6 is 0 Å². The molecule has 2 aromatic heterocycles. The van der Waals surface area contributed by atoms with Crippen molar-refractivity contribution in [3.63, 3.8) is 0 Å². The van der Waals surface area contributed by atoms with Crippen molar-refractivity contribution < 1.29 is 4.42 Å². The van der Waals surface area contributed by atoms with E-state index in [2.05, 4.69) is 289 Å². The zero-order chi connectivity index (χ0) is 49.7. The maximum Gasteiger partial charge on any atom is 0.136 e. The monoisotopic (exact) mass is 956 g/mol. The smallest absolute Gasteiger partial charge is 0.136 e. The van der Waals surface area contributed by atoms with E-state index in [0.29, 0.717) is 0 Å². The number of furan rings is 1. The fourth-order valence-corrected chi connectivity index (χ4v) is 11.1. The molecule has 3 heteroatoms. The SMILES string of the molecule is c1ccc(-c2cccc(-c3ccc(N(c4ccc(-c5ccc(-c6ccc(-n7c8ccccc8c8ccccc87)cc6)cc5)cc4)c4ccc(-c5cccc(-c6cccc7oc8ccccc8c67)c5)cc4)cc3)c2)cc1. The van der Waals surface area contributed by atoms with Crippen LogP contribution in [0.25, 0.3) is 116 Å². The minimum Gasteiger partial charge on any atom is -0.456 e. The molecule has 0 atom stereocenters. The number of benzene rings is 12. The molecule has 75 heavy (non-hydrogen) atoms. The van der Waals surface area contributed by atoms with Gasteiger partial charge in [0, 0.05) is 44.3 Å². The lowest BCUT2D eigenvalue weighted by Gasteiger charge is -2.26. The first-order valence-corrected chi connectivity index (χ1v) is 25.6. The highest BCUT2D eigenvalue weighted by atomic mass is 16.3. The van der Waals surface area contributed by atoms with E-state index in [0.717, 1.165) is 66.9 Å². The molecule has 0 saturated heterocycles. The zero-order valence-electron chi connectivity index (χ0n) is 41.0. The van der Waals surface area contributed by atoms with Gasteiger partial charge in [0.1, 0.15) is 11.2 Å². The van der Waals surface area contributed by atoms with Crippen LogP contribution in [0.3, 0.4) is 0 Å². The minimum atomic E-state index is 0.900. The van der Waals surface area contributed by atoms with Crippen molar-refractivity contribution in [2.75, 3.05) is 4.90 Å². The van der Waals surface area contributed by atoms with E-state index in [1.54, 1.807) is 0 Å². The molecular formula is C72H48N2O. The summed E-state index contributed by atoms with van der Waals surface area (Å²) in [5.74, 6) is 0. The number of anilines is 3. The standard InChI is InChI=1S/C72H48N2O/c1-2-13-49(14-3-1)56-15-10-16-57(47-56)54-35-41-61(42-36-54)73(62-43-37-55(38-44-62)58-17-11-18-59(48-58)64-22-12-26-71-72(64)67-21-6-9-25-70(67)75-71)60-39-31-52(32-40-60)50-27-29-51(30-28-50)53-33-45-63(46-34-53)74-68-23-7-4-19-65(68)66-20-5-8-24-69(66)74/h1-48H. The van der Waals surface area contributed by atoms with E-state index in [-0.39, 0.29) is 0 Å². The first-order valence-electron chi connectivity index (χ1n) is 25.6. The van der Waals surface area contributed by atoms with Crippen LogP contribution in [0.1, 0.15) is 0 Å². The summed E-state index contributed by atoms with van der Waals surface area (Å²) in [6.07, 6.45) is 0. The Morgan fingerprint density at radius 3 is 1.15 bits per heavy atom. The maximum atomic E-state index is 6.26. The molecule has 0 aliphatic carbocycles. The second-order valence-electron chi connectivity index (χ2n) is 19.3. The van der Waals surface area contributed by atoms with E-state index in [4.69, 9.17) is 4.42 Å². The van der Waals surface area contributed by atoms with Crippen molar-refractivity contribution in [1.82, 2.24) is 4.57 Å². The fraction of sp³-hybridized carbons (Fsp3) is 0. The molecule has 352 valence electrons. The Morgan fingerprint density at radius 1 is 0.253 bits per heavy atom. The van der Waals surface area contributed by atoms with Gasteiger partial charge in [0.25, 0.3) is 0 Å². The third-order valence-corrected chi connectivity index (χ3v) is 14.8. The summed E-state index contributed by atoms with van der Waals surface area (Å²) in [7, 11) is 0. The van der Waals surface area contributed by atoms with E-state index < -0.39 is 0 Å². The quantitative estimate of drug-likeness (QED) is 0.136. The maximum absolute atomic E-state index is 6.26. The molecule has 0 N–H and O–H groups in total. The van der Waals surface area contributed by atoms with Crippen LogP contribution in [0.4, 0.5) is 17.1 Å². The summed E-state index contributed by atoms with van der Waals surface area (Å²) in [6, 6.07) is 105. The number of hydrogen-bond donors (Lipinski definition) is 0. The molecule has 0 aliphatic rings. The molecule has 0 aliphatic heterocycles. The normalized spacial score (nSPS) is 11.5. The summed E-state index contributed by atoms with van der Waals surface area (Å²) >= 11 is 0. The van der Waals surface area contributed by atoms with Gasteiger partial charge in [0.2, 0.25) is 0 Å². The third kappa shape index (κ3) is 8.04. The van der Waals surface area contributed by atoms with Gasteiger partial charge in [-0.05, 0) is 152 Å². The zero-order valence-corrected chi connectivity index (χ0v) is 41.0. The first kappa shape index (κ1) is 43.8. The molecule has 0 saturated carbocycles. The molecule has 0 unspecified atom stereocenters. The second-order valence-corrected chi connectivity index (χ2v) is 19.3. The van der Waals surface area contributed by atoms with E-state index in [1.165, 1.54) is 66.3 Å². The van der Waals surface area contributed by atoms with Crippen LogP contribution in [-0.2, 0) is 0 Å². The Labute approximate surface area is 436 Å². The van der Waals surface area contributed by atoms with Gasteiger partial charge in [-0.15, -0.1) is 0 Å². The van der Waals surface area contributed by atoms with Crippen molar-refractivity contribution in [2.45, 2.75) is 0 Å². The Kier molecular flexibility index (Phi) is 10.8. The number of hydrogen-bond acceptors (Lipinski definition) is 2. The highest BCUT2D eigenvalue weighted by molar-refractivity contribution is 6.13. The van der Waals surface area contributed by atoms with Gasteiger partial charge in [0.15, 0.2) is 0 Å². The van der Waals surface area contributed by atoms with Gasteiger partial charge >= 0.3 is 0 Å². The van der Waals surface area contributed by atoms with Crippen LogP contribution in [0.15, 0.2) is 296 Å². The second kappa shape index (κ2) is 18.6. The van der Waals surface area contributed by atoms with Crippen LogP contribution in [0.5, 0.6) is 0 Å². The number of nitrogens with zero attached hydrogens (tertiary/aromatic N) is 2. The van der Waals surface area contributed by atoms with Crippen molar-refractivity contribution in [3.05, 3.63) is 291 Å². The third-order valence-electron chi connectivity index (χ3n) is 14.8. The number of rotatable bonds is 10. The Balaban J connectivity index is 0.768. The van der Waals surface area contributed by atoms with Gasteiger partial charge in [-0.2, -0.15) is 0 Å². The molecule has 12 aromatic carbocycles. The number of fused-ring (bicyclic) bond motifs is 6. The molecule has 3 nitrogen and oxygen atoms in total. The number of aromatic nitrogens is 1. The summed E-state index contributed by atoms with van der Waals surface area (Å²) in [4.78, 5) is 2.35. The van der Waals surface area contributed by atoms with Gasteiger partial charge < -0.3 is 13.9 Å². The molecule has 0 spiro atoms. The topological polar surface area (TPSA) is 21.3 Å². The van der Waals surface area contributed by atoms with E-state index in [1.807, 2.05) is 12.1 Å². The first-order chi connectivity index (χ1) is 37.2. The number of para-hydroxylation sites is 3. The molecule has 0 radical (unpaired) electrons. The molecular weight excluding hydrogens is 909 g/mol. The Hall–Kier alpha value is -9.96. The highest BCUT2D eigenvalue weighted by Crippen LogP contribution is 2.41. The molecule has 2 heterocycles. The molecule has 14 rings (SSSR count). The molecule has 0 fully saturated rings. The highest BCUT2D eigenvalue weighted by Gasteiger charge is 2.17. The molecule has 14 aromatic rings. The van der Waals surface area contributed by atoms with Gasteiger partial charge in [-0.1, -0.05) is 206 Å². The average Bonchev–Trinajstić information content (AvgIpc) is 4.05. The van der Waals surface area contributed by atoms with Gasteiger partial charge in [-0.25, -0.2) is 0 Å². The van der Waals surface area contributed by atoms with Crippen molar-refractivity contribution >= 4 is 60.8 Å². The molecule has 0 amide bonds. The fourth-order valence-electron chi connectivity index (χ4n) is 11.1. The Morgan fingerprint density at radius 2 is 0.613 bits per heavy atom.